The number of hydrogen-bond donors (Lipinski definition) is 1. The first kappa shape index (κ1) is 14.2. The molecule has 0 aliphatic rings. The maximum absolute atomic E-state index is 11.3. The number of rotatable bonds is 6. The maximum Gasteiger partial charge on any atom is 0.420 e. The number of amides is 1. The van der Waals surface area contributed by atoms with Crippen molar-refractivity contribution in [2.75, 3.05) is 32.5 Å². The Hall–Kier alpha value is -0.820. The van der Waals surface area contributed by atoms with Crippen molar-refractivity contribution in [1.29, 1.82) is 0 Å². The van der Waals surface area contributed by atoms with E-state index in [9.17, 15) is 13.2 Å². The fraction of sp³-hybridized carbons (Fsp3) is 0.875. The van der Waals surface area contributed by atoms with Gasteiger partial charge in [0.15, 0.2) is 0 Å². The number of nitrogens with zero attached hydrogens (tertiary/aromatic N) is 1. The second-order valence-electron chi connectivity index (χ2n) is 2.94. The van der Waals surface area contributed by atoms with Gasteiger partial charge in [-0.2, -0.15) is 0 Å². The second kappa shape index (κ2) is 6.62. The van der Waals surface area contributed by atoms with Crippen LogP contribution in [-0.4, -0.2) is 51.9 Å². The molecule has 0 saturated carbocycles. The summed E-state index contributed by atoms with van der Waals surface area (Å²) in [5.74, 6) is -0.107. The lowest BCUT2D eigenvalue weighted by Gasteiger charge is -2.17. The Balaban J connectivity index is 4.10. The Bertz CT molecular complexity index is 285. The van der Waals surface area contributed by atoms with E-state index in [-0.39, 0.29) is 5.75 Å². The number of hydrogen-bond acceptors (Lipinski definition) is 5. The van der Waals surface area contributed by atoms with Crippen LogP contribution in [0.25, 0.3) is 0 Å². The number of ether oxygens (including phenoxy) is 1. The van der Waals surface area contributed by atoms with E-state index in [0.29, 0.717) is 6.54 Å². The van der Waals surface area contributed by atoms with E-state index in [4.69, 9.17) is 0 Å². The zero-order chi connectivity index (χ0) is 11.9. The van der Waals surface area contributed by atoms with E-state index >= 15 is 0 Å². The van der Waals surface area contributed by atoms with Gasteiger partial charge in [-0.1, -0.05) is 13.8 Å². The number of sulfonamides is 1. The van der Waals surface area contributed by atoms with E-state index in [1.54, 1.807) is 4.72 Å². The van der Waals surface area contributed by atoms with Crippen LogP contribution in [-0.2, 0) is 14.8 Å². The van der Waals surface area contributed by atoms with Gasteiger partial charge in [0, 0.05) is 6.54 Å². The lowest BCUT2D eigenvalue weighted by molar-refractivity contribution is 0.177. The smallest absolute Gasteiger partial charge is 0.420 e. The predicted octanol–water partition coefficient (Wildman–Crippen LogP) is 0.0140. The van der Waals surface area contributed by atoms with Crippen LogP contribution in [0.4, 0.5) is 4.79 Å². The number of methoxy groups -OCH3 is 1. The second-order valence-corrected chi connectivity index (χ2v) is 4.78. The molecule has 0 radical (unpaired) electrons. The van der Waals surface area contributed by atoms with E-state index in [1.807, 2.05) is 18.7 Å². The Morgan fingerprint density at radius 1 is 1.33 bits per heavy atom. The van der Waals surface area contributed by atoms with Crippen LogP contribution in [0.15, 0.2) is 0 Å². The largest absolute Gasteiger partial charge is 0.452 e. The Labute approximate surface area is 90.6 Å². The summed E-state index contributed by atoms with van der Waals surface area (Å²) in [4.78, 5) is 12.6. The average molecular weight is 238 g/mol. The molecular formula is C8H18N2O4S. The molecule has 7 heteroatoms. The minimum absolute atomic E-state index is 0.107. The summed E-state index contributed by atoms with van der Waals surface area (Å²) in [6.07, 6.45) is -0.949. The molecule has 0 spiro atoms. The lowest BCUT2D eigenvalue weighted by Crippen LogP contribution is -2.37. The molecule has 1 amide bonds. The molecule has 0 atom stereocenters. The first-order valence-corrected chi connectivity index (χ1v) is 6.41. The normalized spacial score (nSPS) is 11.5. The topological polar surface area (TPSA) is 75.7 Å². The standard InChI is InChI=1S/C8H18N2O4S/c1-4-10(5-2)6-7-15(12,13)9-8(11)14-3/h4-7H2,1-3H3,(H,9,11). The third kappa shape index (κ3) is 6.29. The minimum atomic E-state index is -3.57. The van der Waals surface area contributed by atoms with Crippen molar-refractivity contribution < 1.29 is 17.9 Å². The molecule has 0 fully saturated rings. The Morgan fingerprint density at radius 3 is 2.27 bits per heavy atom. The summed E-state index contributed by atoms with van der Waals surface area (Å²) >= 11 is 0. The van der Waals surface area contributed by atoms with E-state index < -0.39 is 16.1 Å². The molecular weight excluding hydrogens is 220 g/mol. The SMILES string of the molecule is CCN(CC)CCS(=O)(=O)NC(=O)OC. The van der Waals surface area contributed by atoms with Crippen molar-refractivity contribution in [3.05, 3.63) is 0 Å². The molecule has 90 valence electrons. The maximum atomic E-state index is 11.3. The molecule has 0 heterocycles. The van der Waals surface area contributed by atoms with Gasteiger partial charge in [0.1, 0.15) is 0 Å². The molecule has 1 N–H and O–H groups in total. The quantitative estimate of drug-likeness (QED) is 0.705. The summed E-state index contributed by atoms with van der Waals surface area (Å²) in [5.41, 5.74) is 0. The summed E-state index contributed by atoms with van der Waals surface area (Å²) in [7, 11) is -2.45. The molecule has 0 aromatic carbocycles. The van der Waals surface area contributed by atoms with Crippen molar-refractivity contribution >= 4 is 16.1 Å². The van der Waals surface area contributed by atoms with Crippen LogP contribution in [0, 0.1) is 0 Å². The number of nitrogens with one attached hydrogen (secondary N) is 1. The molecule has 0 unspecified atom stereocenters. The highest BCUT2D eigenvalue weighted by Crippen LogP contribution is 1.91. The zero-order valence-corrected chi connectivity index (χ0v) is 10.1. The highest BCUT2D eigenvalue weighted by molar-refractivity contribution is 7.90. The third-order valence-electron chi connectivity index (χ3n) is 1.99. The molecule has 0 bridgehead atoms. The van der Waals surface area contributed by atoms with Crippen LogP contribution in [0.3, 0.4) is 0 Å². The van der Waals surface area contributed by atoms with Crippen molar-refractivity contribution in [1.82, 2.24) is 9.62 Å². The molecule has 0 aromatic rings. The van der Waals surface area contributed by atoms with E-state index in [2.05, 4.69) is 4.74 Å². The first-order valence-electron chi connectivity index (χ1n) is 4.76. The van der Waals surface area contributed by atoms with Crippen molar-refractivity contribution in [3.8, 4) is 0 Å². The zero-order valence-electron chi connectivity index (χ0n) is 9.32. The van der Waals surface area contributed by atoms with Crippen LogP contribution in [0.5, 0.6) is 0 Å². The first-order chi connectivity index (χ1) is 6.95. The van der Waals surface area contributed by atoms with Crippen molar-refractivity contribution in [2.24, 2.45) is 0 Å². The highest BCUT2D eigenvalue weighted by Gasteiger charge is 2.15. The van der Waals surface area contributed by atoms with Gasteiger partial charge < -0.3 is 9.64 Å². The van der Waals surface area contributed by atoms with E-state index in [1.165, 1.54) is 0 Å². The van der Waals surface area contributed by atoms with Gasteiger partial charge in [-0.3, -0.25) is 0 Å². The van der Waals surface area contributed by atoms with Gasteiger partial charge in [-0.15, -0.1) is 0 Å². The van der Waals surface area contributed by atoms with Crippen LogP contribution < -0.4 is 4.72 Å². The minimum Gasteiger partial charge on any atom is -0.452 e. The van der Waals surface area contributed by atoms with Crippen molar-refractivity contribution in [2.45, 2.75) is 13.8 Å². The third-order valence-corrected chi connectivity index (χ3v) is 3.19. The van der Waals surface area contributed by atoms with Crippen LogP contribution >= 0.6 is 0 Å². The van der Waals surface area contributed by atoms with Crippen molar-refractivity contribution in [3.63, 3.8) is 0 Å². The highest BCUT2D eigenvalue weighted by atomic mass is 32.2. The average Bonchev–Trinajstić information content (AvgIpc) is 2.18. The van der Waals surface area contributed by atoms with Crippen LogP contribution in [0.1, 0.15) is 13.8 Å². The van der Waals surface area contributed by atoms with Gasteiger partial charge >= 0.3 is 6.09 Å². The molecule has 0 aliphatic carbocycles. The molecule has 6 nitrogen and oxygen atoms in total. The van der Waals surface area contributed by atoms with Crippen LogP contribution in [0.2, 0.25) is 0 Å². The molecule has 0 aromatic heterocycles. The van der Waals surface area contributed by atoms with Gasteiger partial charge in [-0.05, 0) is 13.1 Å². The Kier molecular flexibility index (Phi) is 6.26. The number of carbonyl (C=O) groups excluding carboxylic acids is 1. The fourth-order valence-corrected chi connectivity index (χ4v) is 1.95. The molecule has 15 heavy (non-hydrogen) atoms. The fourth-order valence-electron chi connectivity index (χ4n) is 1.01. The van der Waals surface area contributed by atoms with E-state index in [0.717, 1.165) is 20.2 Å². The molecule has 0 rings (SSSR count). The monoisotopic (exact) mass is 238 g/mol. The van der Waals surface area contributed by atoms with Gasteiger partial charge in [0.25, 0.3) is 0 Å². The molecule has 0 aliphatic heterocycles. The summed E-state index contributed by atoms with van der Waals surface area (Å²) < 4.78 is 28.6. The summed E-state index contributed by atoms with van der Waals surface area (Å²) in [5, 5.41) is 0. The predicted molar refractivity (Wildman–Crippen MR) is 57.1 cm³/mol. The van der Waals surface area contributed by atoms with Gasteiger partial charge in [0.2, 0.25) is 10.0 Å². The van der Waals surface area contributed by atoms with Gasteiger partial charge in [-0.25, -0.2) is 17.9 Å². The summed E-state index contributed by atoms with van der Waals surface area (Å²) in [6, 6.07) is 0. The lowest BCUT2D eigenvalue weighted by atomic mass is 10.5. The Morgan fingerprint density at radius 2 is 1.87 bits per heavy atom. The molecule has 0 saturated heterocycles. The van der Waals surface area contributed by atoms with Gasteiger partial charge in [0.05, 0.1) is 12.9 Å². The number of carbonyl (C=O) groups is 1. The summed E-state index contributed by atoms with van der Waals surface area (Å²) in [6.45, 7) is 5.86.